The number of aliphatic hydroxyl groups excluding tert-OH is 1. The molecule has 1 unspecified atom stereocenters. The van der Waals surface area contributed by atoms with E-state index >= 15 is 0 Å². The van der Waals surface area contributed by atoms with Crippen LogP contribution in [0.25, 0.3) is 6.08 Å². The number of hydrogen-bond donors (Lipinski definition) is 1. The van der Waals surface area contributed by atoms with Crippen LogP contribution in [0.2, 0.25) is 0 Å². The number of amides is 1. The van der Waals surface area contributed by atoms with Crippen LogP contribution in [0, 0.1) is 0 Å². The largest absolute Gasteiger partial charge is 0.494 e. The molecule has 4 heteroatoms. The Morgan fingerprint density at radius 1 is 1.47 bits per heavy atom. The first-order valence-electron chi connectivity index (χ1n) is 6.57. The summed E-state index contributed by atoms with van der Waals surface area (Å²) in [4.78, 5) is 13.5. The summed E-state index contributed by atoms with van der Waals surface area (Å²) < 4.78 is 5.35. The van der Waals surface area contributed by atoms with Gasteiger partial charge in [-0.1, -0.05) is 12.1 Å². The van der Waals surface area contributed by atoms with Crippen molar-refractivity contribution in [1.29, 1.82) is 0 Å². The van der Waals surface area contributed by atoms with Gasteiger partial charge < -0.3 is 14.7 Å². The molecule has 0 radical (unpaired) electrons. The lowest BCUT2D eigenvalue weighted by molar-refractivity contribution is -0.125. The molecule has 1 saturated heterocycles. The molecule has 1 aliphatic heterocycles. The van der Waals surface area contributed by atoms with E-state index in [0.29, 0.717) is 26.1 Å². The maximum atomic E-state index is 11.8. The van der Waals surface area contributed by atoms with Gasteiger partial charge in [0.15, 0.2) is 0 Å². The van der Waals surface area contributed by atoms with Crippen LogP contribution in [0.4, 0.5) is 0 Å². The first-order valence-corrected chi connectivity index (χ1v) is 6.57. The van der Waals surface area contributed by atoms with Crippen molar-refractivity contribution < 1.29 is 14.6 Å². The molecule has 1 heterocycles. The zero-order chi connectivity index (χ0) is 13.7. The zero-order valence-corrected chi connectivity index (χ0v) is 11.1. The van der Waals surface area contributed by atoms with Crippen LogP contribution in [0.1, 0.15) is 18.9 Å². The van der Waals surface area contributed by atoms with Crippen LogP contribution in [0.15, 0.2) is 30.3 Å². The Hall–Kier alpha value is -1.81. The topological polar surface area (TPSA) is 49.8 Å². The molecule has 1 aromatic rings. The lowest BCUT2D eigenvalue weighted by Gasteiger charge is -2.12. The van der Waals surface area contributed by atoms with Crippen molar-refractivity contribution in [3.63, 3.8) is 0 Å². The maximum Gasteiger partial charge on any atom is 0.246 e. The van der Waals surface area contributed by atoms with Gasteiger partial charge in [0.1, 0.15) is 5.75 Å². The summed E-state index contributed by atoms with van der Waals surface area (Å²) in [6, 6.07) is 7.59. The number of carbonyl (C=O) groups excluding carboxylic acids is 1. The fraction of sp³-hybridized carbons (Fsp3) is 0.400. The van der Waals surface area contributed by atoms with Gasteiger partial charge in [-0.25, -0.2) is 0 Å². The van der Waals surface area contributed by atoms with E-state index in [9.17, 15) is 9.90 Å². The van der Waals surface area contributed by atoms with Gasteiger partial charge in [0, 0.05) is 19.2 Å². The van der Waals surface area contributed by atoms with Gasteiger partial charge in [-0.3, -0.25) is 4.79 Å². The molecule has 0 bridgehead atoms. The minimum Gasteiger partial charge on any atom is -0.494 e. The third-order valence-corrected chi connectivity index (χ3v) is 3.08. The Labute approximate surface area is 113 Å². The maximum absolute atomic E-state index is 11.8. The van der Waals surface area contributed by atoms with Crippen LogP contribution in [0.3, 0.4) is 0 Å². The van der Waals surface area contributed by atoms with E-state index in [4.69, 9.17) is 4.74 Å². The average Bonchev–Trinajstić information content (AvgIpc) is 2.85. The average molecular weight is 261 g/mol. The van der Waals surface area contributed by atoms with Crippen LogP contribution in [-0.4, -0.2) is 41.7 Å². The second-order valence-electron chi connectivity index (χ2n) is 4.56. The minimum absolute atomic E-state index is 0.0505. The molecule has 1 amide bonds. The third-order valence-electron chi connectivity index (χ3n) is 3.08. The first kappa shape index (κ1) is 13.6. The molecule has 1 aliphatic rings. The fourth-order valence-corrected chi connectivity index (χ4v) is 2.06. The Balaban J connectivity index is 1.92. The SMILES string of the molecule is CCOc1ccc(C=CC(=O)N2CCC(O)C2)cc1. The Bertz CT molecular complexity index is 453. The molecule has 0 spiro atoms. The predicted molar refractivity (Wildman–Crippen MR) is 73.8 cm³/mol. The van der Waals surface area contributed by atoms with Crippen molar-refractivity contribution in [2.45, 2.75) is 19.4 Å². The standard InChI is InChI=1S/C15H19NO3/c1-2-19-14-6-3-12(4-7-14)5-8-15(18)16-10-9-13(17)11-16/h3-8,13,17H,2,9-11H2,1H3. The molecule has 4 nitrogen and oxygen atoms in total. The van der Waals surface area contributed by atoms with Crippen molar-refractivity contribution in [3.05, 3.63) is 35.9 Å². The predicted octanol–water partition coefficient (Wildman–Crippen LogP) is 1.69. The van der Waals surface area contributed by atoms with Gasteiger partial charge in [-0.05, 0) is 37.1 Å². The lowest BCUT2D eigenvalue weighted by atomic mass is 10.2. The molecule has 0 aliphatic carbocycles. The number of likely N-dealkylation sites (tertiary alicyclic amines) is 1. The first-order chi connectivity index (χ1) is 9.19. The van der Waals surface area contributed by atoms with E-state index < -0.39 is 0 Å². The third kappa shape index (κ3) is 3.83. The lowest BCUT2D eigenvalue weighted by Crippen LogP contribution is -2.27. The fourth-order valence-electron chi connectivity index (χ4n) is 2.06. The quantitative estimate of drug-likeness (QED) is 0.839. The summed E-state index contributed by atoms with van der Waals surface area (Å²) in [5.41, 5.74) is 0.955. The number of ether oxygens (including phenoxy) is 1. The number of aliphatic hydroxyl groups is 1. The van der Waals surface area contributed by atoms with Gasteiger partial charge in [0.05, 0.1) is 12.7 Å². The second-order valence-corrected chi connectivity index (χ2v) is 4.56. The van der Waals surface area contributed by atoms with E-state index in [0.717, 1.165) is 11.3 Å². The molecule has 0 aromatic heterocycles. The van der Waals surface area contributed by atoms with E-state index in [1.165, 1.54) is 0 Å². The van der Waals surface area contributed by atoms with E-state index in [-0.39, 0.29) is 12.0 Å². The van der Waals surface area contributed by atoms with E-state index in [1.54, 1.807) is 17.1 Å². The normalized spacial score (nSPS) is 19.1. The highest BCUT2D eigenvalue weighted by Gasteiger charge is 2.22. The second kappa shape index (κ2) is 6.38. The summed E-state index contributed by atoms with van der Waals surface area (Å²) in [5, 5.41) is 9.38. The minimum atomic E-state index is -0.372. The Morgan fingerprint density at radius 3 is 2.79 bits per heavy atom. The molecule has 1 fully saturated rings. The zero-order valence-electron chi connectivity index (χ0n) is 11.1. The van der Waals surface area contributed by atoms with E-state index in [1.807, 2.05) is 31.2 Å². The molecule has 2 rings (SSSR count). The van der Waals surface area contributed by atoms with Gasteiger partial charge in [0.2, 0.25) is 5.91 Å². The van der Waals surface area contributed by atoms with Crippen LogP contribution < -0.4 is 4.74 Å². The number of nitrogens with zero attached hydrogens (tertiary/aromatic N) is 1. The summed E-state index contributed by atoms with van der Waals surface area (Å²) in [7, 11) is 0. The number of benzene rings is 1. The molecule has 1 N–H and O–H groups in total. The highest BCUT2D eigenvalue weighted by Crippen LogP contribution is 2.14. The number of β-amino-alcohol motifs (C(OH)–C–C–N with tert-alkyl or cyclic N) is 1. The Morgan fingerprint density at radius 2 is 2.21 bits per heavy atom. The van der Waals surface area contributed by atoms with Crippen molar-refractivity contribution in [2.24, 2.45) is 0 Å². The van der Waals surface area contributed by atoms with Crippen molar-refractivity contribution in [2.75, 3.05) is 19.7 Å². The van der Waals surface area contributed by atoms with Crippen molar-refractivity contribution >= 4 is 12.0 Å². The Kier molecular flexibility index (Phi) is 4.58. The number of rotatable bonds is 4. The van der Waals surface area contributed by atoms with Gasteiger partial charge in [0.25, 0.3) is 0 Å². The number of hydrogen-bond acceptors (Lipinski definition) is 3. The van der Waals surface area contributed by atoms with Gasteiger partial charge in [-0.2, -0.15) is 0 Å². The van der Waals surface area contributed by atoms with Crippen molar-refractivity contribution in [3.8, 4) is 5.75 Å². The van der Waals surface area contributed by atoms with E-state index in [2.05, 4.69) is 0 Å². The summed E-state index contributed by atoms with van der Waals surface area (Å²) in [6.45, 7) is 3.65. The molecular weight excluding hydrogens is 242 g/mol. The van der Waals surface area contributed by atoms with Crippen LogP contribution >= 0.6 is 0 Å². The number of carbonyl (C=O) groups is 1. The summed E-state index contributed by atoms with van der Waals surface area (Å²) in [6.07, 6.45) is 3.63. The molecule has 19 heavy (non-hydrogen) atoms. The summed E-state index contributed by atoms with van der Waals surface area (Å²) in [5.74, 6) is 0.777. The van der Waals surface area contributed by atoms with Crippen molar-refractivity contribution in [1.82, 2.24) is 4.90 Å². The summed E-state index contributed by atoms with van der Waals surface area (Å²) >= 11 is 0. The smallest absolute Gasteiger partial charge is 0.246 e. The molecule has 1 aromatic carbocycles. The van der Waals surface area contributed by atoms with Crippen LogP contribution in [-0.2, 0) is 4.79 Å². The monoisotopic (exact) mass is 261 g/mol. The highest BCUT2D eigenvalue weighted by molar-refractivity contribution is 5.92. The van der Waals surface area contributed by atoms with Crippen LogP contribution in [0.5, 0.6) is 5.75 Å². The highest BCUT2D eigenvalue weighted by atomic mass is 16.5. The molecule has 0 saturated carbocycles. The van der Waals surface area contributed by atoms with Gasteiger partial charge >= 0.3 is 0 Å². The van der Waals surface area contributed by atoms with Gasteiger partial charge in [-0.15, -0.1) is 0 Å². The molecular formula is C15H19NO3. The molecule has 1 atom stereocenters. The molecule has 102 valence electrons.